The Morgan fingerprint density at radius 3 is 2.62 bits per heavy atom. The molecule has 1 aliphatic heterocycles. The Morgan fingerprint density at radius 2 is 2.00 bits per heavy atom. The first-order chi connectivity index (χ1) is 7.79. The van der Waals surface area contributed by atoms with E-state index in [2.05, 4.69) is 15.7 Å². The zero-order valence-corrected chi connectivity index (χ0v) is 9.26. The Balaban J connectivity index is 1.97. The zero-order chi connectivity index (χ0) is 11.4. The lowest BCUT2D eigenvalue weighted by atomic mass is 10.2. The molecule has 0 aromatic heterocycles. The SMILES string of the molecule is C#CCN1CCN(c2cccc(O)c2)CC1. The number of aromatic hydroxyl groups is 1. The number of anilines is 1. The molecule has 0 radical (unpaired) electrons. The molecule has 1 heterocycles. The van der Waals surface area contributed by atoms with Gasteiger partial charge in [-0.25, -0.2) is 0 Å². The van der Waals surface area contributed by atoms with Gasteiger partial charge in [0.05, 0.1) is 6.54 Å². The summed E-state index contributed by atoms with van der Waals surface area (Å²) in [6.45, 7) is 4.63. The van der Waals surface area contributed by atoms with Gasteiger partial charge in [0, 0.05) is 37.9 Å². The molecular formula is C13H16N2O. The van der Waals surface area contributed by atoms with Crippen LogP contribution in [0.4, 0.5) is 5.69 Å². The van der Waals surface area contributed by atoms with Gasteiger partial charge in [-0.3, -0.25) is 4.90 Å². The highest BCUT2D eigenvalue weighted by molar-refractivity contribution is 5.50. The first-order valence-corrected chi connectivity index (χ1v) is 5.49. The fourth-order valence-electron chi connectivity index (χ4n) is 1.98. The number of terminal acetylenes is 1. The van der Waals surface area contributed by atoms with Crippen molar-refractivity contribution in [3.63, 3.8) is 0 Å². The highest BCUT2D eigenvalue weighted by atomic mass is 16.3. The first kappa shape index (κ1) is 10.8. The van der Waals surface area contributed by atoms with Crippen LogP contribution in [0.1, 0.15) is 0 Å². The molecular weight excluding hydrogens is 200 g/mol. The van der Waals surface area contributed by atoms with E-state index < -0.39 is 0 Å². The lowest BCUT2D eigenvalue weighted by Crippen LogP contribution is -2.46. The van der Waals surface area contributed by atoms with Crippen LogP contribution in [0.5, 0.6) is 5.75 Å². The minimum Gasteiger partial charge on any atom is -0.508 e. The van der Waals surface area contributed by atoms with Crippen molar-refractivity contribution in [2.75, 3.05) is 37.6 Å². The lowest BCUT2D eigenvalue weighted by molar-refractivity contribution is 0.288. The van der Waals surface area contributed by atoms with Gasteiger partial charge in [0.2, 0.25) is 0 Å². The average Bonchev–Trinajstić information content (AvgIpc) is 2.30. The molecule has 1 aromatic carbocycles. The third kappa shape index (κ3) is 2.47. The summed E-state index contributed by atoms with van der Waals surface area (Å²) < 4.78 is 0. The largest absolute Gasteiger partial charge is 0.508 e. The Labute approximate surface area is 96.3 Å². The summed E-state index contributed by atoms with van der Waals surface area (Å²) in [6, 6.07) is 7.39. The van der Waals surface area contributed by atoms with Gasteiger partial charge in [0.25, 0.3) is 0 Å². The van der Waals surface area contributed by atoms with Crippen molar-refractivity contribution in [2.24, 2.45) is 0 Å². The standard InChI is InChI=1S/C13H16N2O/c1-2-6-14-7-9-15(10-8-14)12-4-3-5-13(16)11-12/h1,3-5,11,16H,6-10H2. The molecule has 0 saturated carbocycles. The van der Waals surface area contributed by atoms with Crippen LogP contribution < -0.4 is 4.90 Å². The predicted molar refractivity (Wildman–Crippen MR) is 65.6 cm³/mol. The molecule has 3 heteroatoms. The van der Waals surface area contributed by atoms with Gasteiger partial charge in [-0.15, -0.1) is 6.42 Å². The normalized spacial score (nSPS) is 17.1. The Morgan fingerprint density at radius 1 is 1.25 bits per heavy atom. The van der Waals surface area contributed by atoms with Gasteiger partial charge in [-0.1, -0.05) is 12.0 Å². The number of phenolic OH excluding ortho intramolecular Hbond substituents is 1. The zero-order valence-electron chi connectivity index (χ0n) is 9.26. The van der Waals surface area contributed by atoms with E-state index in [4.69, 9.17) is 6.42 Å². The van der Waals surface area contributed by atoms with Gasteiger partial charge in [-0.05, 0) is 12.1 Å². The van der Waals surface area contributed by atoms with Crippen LogP contribution in [0.2, 0.25) is 0 Å². The van der Waals surface area contributed by atoms with Crippen LogP contribution in [0.3, 0.4) is 0 Å². The molecule has 0 spiro atoms. The van der Waals surface area contributed by atoms with E-state index in [-0.39, 0.29) is 0 Å². The van der Waals surface area contributed by atoms with Gasteiger partial charge in [0.1, 0.15) is 5.75 Å². The van der Waals surface area contributed by atoms with Crippen LogP contribution in [0.15, 0.2) is 24.3 Å². The second kappa shape index (κ2) is 4.91. The average molecular weight is 216 g/mol. The molecule has 0 amide bonds. The minimum absolute atomic E-state index is 0.323. The molecule has 2 rings (SSSR count). The quantitative estimate of drug-likeness (QED) is 0.751. The third-order valence-corrected chi connectivity index (χ3v) is 2.88. The number of piperazine rings is 1. The Bertz CT molecular complexity index is 389. The van der Waals surface area contributed by atoms with Crippen molar-refractivity contribution in [3.05, 3.63) is 24.3 Å². The molecule has 1 aliphatic rings. The lowest BCUT2D eigenvalue weighted by Gasteiger charge is -2.35. The summed E-state index contributed by atoms with van der Waals surface area (Å²) >= 11 is 0. The van der Waals surface area contributed by atoms with Crippen LogP contribution in [0, 0.1) is 12.3 Å². The summed E-state index contributed by atoms with van der Waals surface area (Å²) in [5, 5.41) is 9.42. The molecule has 0 unspecified atom stereocenters. The molecule has 0 aliphatic carbocycles. The van der Waals surface area contributed by atoms with Crippen molar-refractivity contribution < 1.29 is 5.11 Å². The smallest absolute Gasteiger partial charge is 0.117 e. The van der Waals surface area contributed by atoms with Gasteiger partial charge < -0.3 is 10.0 Å². The van der Waals surface area contributed by atoms with Crippen LogP contribution in [-0.4, -0.2) is 42.7 Å². The fourth-order valence-corrected chi connectivity index (χ4v) is 1.98. The monoisotopic (exact) mass is 216 g/mol. The van der Waals surface area contributed by atoms with E-state index >= 15 is 0 Å². The molecule has 3 nitrogen and oxygen atoms in total. The highest BCUT2D eigenvalue weighted by Crippen LogP contribution is 2.20. The molecule has 16 heavy (non-hydrogen) atoms. The van der Waals surface area contributed by atoms with Crippen molar-refractivity contribution in [3.8, 4) is 18.1 Å². The second-order valence-corrected chi connectivity index (χ2v) is 3.99. The molecule has 1 N–H and O–H groups in total. The number of rotatable bonds is 2. The van der Waals surface area contributed by atoms with E-state index in [0.29, 0.717) is 5.75 Å². The van der Waals surface area contributed by atoms with E-state index in [1.165, 1.54) is 0 Å². The van der Waals surface area contributed by atoms with Crippen LogP contribution >= 0.6 is 0 Å². The molecule has 0 bridgehead atoms. The maximum atomic E-state index is 9.42. The van der Waals surface area contributed by atoms with Crippen LogP contribution in [0.25, 0.3) is 0 Å². The maximum Gasteiger partial charge on any atom is 0.117 e. The summed E-state index contributed by atoms with van der Waals surface area (Å²) in [4.78, 5) is 4.53. The fraction of sp³-hybridized carbons (Fsp3) is 0.385. The first-order valence-electron chi connectivity index (χ1n) is 5.49. The highest BCUT2D eigenvalue weighted by Gasteiger charge is 2.16. The van der Waals surface area contributed by atoms with Gasteiger partial charge in [0.15, 0.2) is 0 Å². The number of benzene rings is 1. The van der Waals surface area contributed by atoms with Crippen LogP contribution in [-0.2, 0) is 0 Å². The number of phenols is 1. The molecule has 0 atom stereocenters. The Hall–Kier alpha value is -1.66. The van der Waals surface area contributed by atoms with Gasteiger partial charge >= 0.3 is 0 Å². The number of nitrogens with zero attached hydrogens (tertiary/aromatic N) is 2. The molecule has 1 fully saturated rings. The molecule has 1 saturated heterocycles. The summed E-state index contributed by atoms with van der Waals surface area (Å²) in [5.74, 6) is 2.99. The topological polar surface area (TPSA) is 26.7 Å². The van der Waals surface area contributed by atoms with E-state index in [9.17, 15) is 5.11 Å². The molecule has 1 aromatic rings. The van der Waals surface area contributed by atoms with E-state index in [1.807, 2.05) is 12.1 Å². The van der Waals surface area contributed by atoms with Gasteiger partial charge in [-0.2, -0.15) is 0 Å². The summed E-state index contributed by atoms with van der Waals surface area (Å²) in [7, 11) is 0. The maximum absolute atomic E-state index is 9.42. The number of hydrogen-bond donors (Lipinski definition) is 1. The van der Waals surface area contributed by atoms with Crippen molar-refractivity contribution >= 4 is 5.69 Å². The van der Waals surface area contributed by atoms with Crippen molar-refractivity contribution in [2.45, 2.75) is 0 Å². The third-order valence-electron chi connectivity index (χ3n) is 2.88. The second-order valence-electron chi connectivity index (χ2n) is 3.99. The predicted octanol–water partition coefficient (Wildman–Crippen LogP) is 1.15. The van der Waals surface area contributed by atoms with Crippen molar-refractivity contribution in [1.82, 2.24) is 4.90 Å². The molecule has 84 valence electrons. The van der Waals surface area contributed by atoms with Crippen molar-refractivity contribution in [1.29, 1.82) is 0 Å². The summed E-state index contributed by atoms with van der Waals surface area (Å²) in [5.41, 5.74) is 1.08. The minimum atomic E-state index is 0.323. The number of hydrogen-bond acceptors (Lipinski definition) is 3. The van der Waals surface area contributed by atoms with E-state index in [0.717, 1.165) is 38.4 Å². The Kier molecular flexibility index (Phi) is 3.33. The van der Waals surface area contributed by atoms with E-state index in [1.54, 1.807) is 12.1 Å². The summed E-state index contributed by atoms with van der Waals surface area (Å²) in [6.07, 6.45) is 5.29.